The minimum absolute atomic E-state index is 0. The Morgan fingerprint density at radius 1 is 1.40 bits per heavy atom. The fourth-order valence-electron chi connectivity index (χ4n) is 2.14. The Morgan fingerprint density at radius 2 is 2.05 bits per heavy atom. The molecule has 1 aliphatic rings. The Morgan fingerprint density at radius 3 is 2.60 bits per heavy atom. The van der Waals surface area contributed by atoms with Gasteiger partial charge in [-0.25, -0.2) is 0 Å². The van der Waals surface area contributed by atoms with Gasteiger partial charge in [-0.05, 0) is 19.0 Å². The second-order valence-corrected chi connectivity index (χ2v) is 6.31. The number of carbonyl (C=O) groups excluding carboxylic acids is 2. The number of nitrogens with one attached hydrogen (secondary N) is 1. The van der Waals surface area contributed by atoms with Crippen molar-refractivity contribution in [3.05, 3.63) is 16.0 Å². The molecule has 0 saturated carbocycles. The van der Waals surface area contributed by atoms with Crippen LogP contribution in [0.25, 0.3) is 0 Å². The van der Waals surface area contributed by atoms with Crippen molar-refractivity contribution in [1.29, 1.82) is 0 Å². The van der Waals surface area contributed by atoms with E-state index in [2.05, 4.69) is 10.2 Å². The zero-order chi connectivity index (χ0) is 14.2. The van der Waals surface area contributed by atoms with Crippen molar-refractivity contribution in [2.75, 3.05) is 18.9 Å². The summed E-state index contributed by atoms with van der Waals surface area (Å²) in [5.74, 6) is -0.668. The number of hydrogen-bond donors (Lipinski definition) is 2. The predicted molar refractivity (Wildman–Crippen MR) is 83.6 cm³/mol. The molecule has 0 atom stereocenters. The lowest BCUT2D eigenvalue weighted by molar-refractivity contribution is -0.118. The third-order valence-electron chi connectivity index (χ3n) is 3.26. The van der Waals surface area contributed by atoms with Gasteiger partial charge in [0.15, 0.2) is 0 Å². The first-order chi connectivity index (χ1) is 8.90. The van der Waals surface area contributed by atoms with Crippen LogP contribution in [-0.2, 0) is 17.8 Å². The van der Waals surface area contributed by atoms with Crippen molar-refractivity contribution in [3.8, 4) is 0 Å². The molecule has 112 valence electrons. The number of fused-ring (bicyclic) bond motifs is 1. The van der Waals surface area contributed by atoms with Gasteiger partial charge in [0.25, 0.3) is 5.91 Å². The first-order valence-electron chi connectivity index (χ1n) is 6.34. The van der Waals surface area contributed by atoms with Gasteiger partial charge < -0.3 is 16.0 Å². The van der Waals surface area contributed by atoms with E-state index in [0.717, 1.165) is 30.0 Å². The fourth-order valence-corrected chi connectivity index (χ4v) is 3.47. The molecule has 0 unspecified atom stereocenters. The number of nitrogens with two attached hydrogens (primary N) is 1. The van der Waals surface area contributed by atoms with E-state index in [9.17, 15) is 9.59 Å². The monoisotopic (exact) mass is 317 g/mol. The molecule has 20 heavy (non-hydrogen) atoms. The molecule has 2 rings (SSSR count). The van der Waals surface area contributed by atoms with Crippen molar-refractivity contribution in [2.45, 2.75) is 26.8 Å². The van der Waals surface area contributed by atoms with Crippen molar-refractivity contribution in [3.63, 3.8) is 0 Å². The summed E-state index contributed by atoms with van der Waals surface area (Å²) in [6.07, 6.45) is 0.804. The van der Waals surface area contributed by atoms with Crippen molar-refractivity contribution in [2.24, 2.45) is 11.7 Å². The normalized spacial score (nSPS) is 14.6. The lowest BCUT2D eigenvalue weighted by Crippen LogP contribution is -2.27. The quantitative estimate of drug-likeness (QED) is 0.893. The highest BCUT2D eigenvalue weighted by molar-refractivity contribution is 7.17. The van der Waals surface area contributed by atoms with Gasteiger partial charge in [0.1, 0.15) is 5.00 Å². The molecule has 0 saturated heterocycles. The van der Waals surface area contributed by atoms with Gasteiger partial charge in [0, 0.05) is 23.9 Å². The molecule has 0 aliphatic carbocycles. The van der Waals surface area contributed by atoms with Gasteiger partial charge in [-0.2, -0.15) is 0 Å². The number of halogens is 1. The number of primary amides is 1. The maximum atomic E-state index is 11.8. The Kier molecular flexibility index (Phi) is 5.56. The minimum Gasteiger partial charge on any atom is -0.365 e. The third-order valence-corrected chi connectivity index (χ3v) is 4.39. The largest absolute Gasteiger partial charge is 0.365 e. The van der Waals surface area contributed by atoms with Crippen LogP contribution in [0.4, 0.5) is 5.00 Å². The standard InChI is InChI=1S/C13H19N3O2S.ClH/c1-7(2)12(18)15-13-10(11(14)17)8-4-5-16(3)6-9(8)19-13;/h7H,4-6H2,1-3H3,(H2,14,17)(H,15,18);1H. The van der Waals surface area contributed by atoms with Crippen LogP contribution < -0.4 is 11.1 Å². The van der Waals surface area contributed by atoms with E-state index >= 15 is 0 Å². The molecule has 1 aromatic rings. The smallest absolute Gasteiger partial charge is 0.251 e. The first kappa shape index (κ1) is 16.9. The Hall–Kier alpha value is -1.11. The highest BCUT2D eigenvalue weighted by Crippen LogP contribution is 2.36. The molecule has 1 aromatic heterocycles. The highest BCUT2D eigenvalue weighted by atomic mass is 35.5. The Balaban J connectivity index is 0.00000200. The first-order valence-corrected chi connectivity index (χ1v) is 7.15. The van der Waals surface area contributed by atoms with Crippen LogP contribution in [0.1, 0.15) is 34.6 Å². The van der Waals surface area contributed by atoms with Gasteiger partial charge >= 0.3 is 0 Å². The summed E-state index contributed by atoms with van der Waals surface area (Å²) in [4.78, 5) is 26.8. The van der Waals surface area contributed by atoms with Crippen LogP contribution in [0, 0.1) is 5.92 Å². The molecule has 0 bridgehead atoms. The number of thiophene rings is 1. The molecule has 2 heterocycles. The maximum Gasteiger partial charge on any atom is 0.251 e. The average molecular weight is 318 g/mol. The summed E-state index contributed by atoms with van der Waals surface area (Å²) in [5.41, 5.74) is 6.98. The number of likely N-dealkylation sites (N-methyl/N-ethyl adjacent to an activating group) is 1. The van der Waals surface area contributed by atoms with E-state index in [1.807, 2.05) is 20.9 Å². The molecule has 5 nitrogen and oxygen atoms in total. The van der Waals surface area contributed by atoms with E-state index in [0.29, 0.717) is 10.6 Å². The van der Waals surface area contributed by atoms with Crippen molar-refractivity contribution in [1.82, 2.24) is 4.90 Å². The summed E-state index contributed by atoms with van der Waals surface area (Å²) in [7, 11) is 2.04. The summed E-state index contributed by atoms with van der Waals surface area (Å²) in [5, 5.41) is 3.43. The van der Waals surface area contributed by atoms with Gasteiger partial charge in [0.05, 0.1) is 5.56 Å². The number of rotatable bonds is 3. The highest BCUT2D eigenvalue weighted by Gasteiger charge is 2.26. The second-order valence-electron chi connectivity index (χ2n) is 5.20. The number of amides is 2. The van der Waals surface area contributed by atoms with Crippen LogP contribution in [0.15, 0.2) is 0 Å². The summed E-state index contributed by atoms with van der Waals surface area (Å²) in [6.45, 7) is 5.35. The van der Waals surface area contributed by atoms with Crippen molar-refractivity contribution >= 4 is 40.6 Å². The molecule has 0 fully saturated rings. The van der Waals surface area contributed by atoms with Crippen LogP contribution in [0.3, 0.4) is 0 Å². The van der Waals surface area contributed by atoms with E-state index in [1.165, 1.54) is 11.3 Å². The predicted octanol–water partition coefficient (Wildman–Crippen LogP) is 1.85. The molecule has 0 aromatic carbocycles. The van der Waals surface area contributed by atoms with Crippen molar-refractivity contribution < 1.29 is 9.59 Å². The zero-order valence-corrected chi connectivity index (χ0v) is 13.5. The summed E-state index contributed by atoms with van der Waals surface area (Å²) in [6, 6.07) is 0. The topological polar surface area (TPSA) is 75.4 Å². The SMILES string of the molecule is CC(C)C(=O)Nc1sc2c(c1C(N)=O)CCN(C)C2.Cl. The number of hydrogen-bond acceptors (Lipinski definition) is 4. The zero-order valence-electron chi connectivity index (χ0n) is 11.9. The van der Waals surface area contributed by atoms with Gasteiger partial charge in [0.2, 0.25) is 5.91 Å². The minimum atomic E-state index is -0.457. The van der Waals surface area contributed by atoms with E-state index in [4.69, 9.17) is 5.73 Å². The average Bonchev–Trinajstić information content (AvgIpc) is 2.65. The van der Waals surface area contributed by atoms with Gasteiger partial charge in [-0.15, -0.1) is 23.7 Å². The van der Waals surface area contributed by atoms with Gasteiger partial charge in [-0.1, -0.05) is 13.8 Å². The Labute approximate surface area is 128 Å². The molecule has 0 spiro atoms. The molecular weight excluding hydrogens is 298 g/mol. The molecule has 1 aliphatic heterocycles. The van der Waals surface area contributed by atoms with Crippen LogP contribution in [-0.4, -0.2) is 30.3 Å². The molecule has 2 amide bonds. The lowest BCUT2D eigenvalue weighted by atomic mass is 10.0. The number of anilines is 1. The molecule has 7 heteroatoms. The van der Waals surface area contributed by atoms with E-state index < -0.39 is 5.91 Å². The van der Waals surface area contributed by atoms with Crippen LogP contribution >= 0.6 is 23.7 Å². The van der Waals surface area contributed by atoms with E-state index in [-0.39, 0.29) is 24.2 Å². The molecule has 0 radical (unpaired) electrons. The molecule has 3 N–H and O–H groups in total. The third kappa shape index (κ3) is 3.31. The summed E-state index contributed by atoms with van der Waals surface area (Å²) >= 11 is 1.47. The van der Waals surface area contributed by atoms with Crippen LogP contribution in [0.2, 0.25) is 0 Å². The number of nitrogens with zero attached hydrogens (tertiary/aromatic N) is 1. The van der Waals surface area contributed by atoms with Gasteiger partial charge in [-0.3, -0.25) is 9.59 Å². The Bertz CT molecular complexity index is 528. The lowest BCUT2D eigenvalue weighted by Gasteiger charge is -2.22. The summed E-state index contributed by atoms with van der Waals surface area (Å²) < 4.78 is 0. The van der Waals surface area contributed by atoms with E-state index in [1.54, 1.807) is 0 Å². The second kappa shape index (κ2) is 6.56. The van der Waals surface area contributed by atoms with Crippen LogP contribution in [0.5, 0.6) is 0 Å². The number of carbonyl (C=O) groups is 2. The molecular formula is C13H20ClN3O2S. The maximum absolute atomic E-state index is 11.8. The fraction of sp³-hybridized carbons (Fsp3) is 0.538.